The van der Waals surface area contributed by atoms with Crippen LogP contribution in [-0.2, 0) is 30.4 Å². The Morgan fingerprint density at radius 3 is 2.12 bits per heavy atom. The summed E-state index contributed by atoms with van der Waals surface area (Å²) in [6.07, 6.45) is 2.40. The number of rotatable bonds is 14. The first-order valence-corrected chi connectivity index (χ1v) is 10.8. The number of imidazole rings is 1. The summed E-state index contributed by atoms with van der Waals surface area (Å²) in [6.45, 7) is 3.63. The number of thiol groups is 1. The van der Waals surface area contributed by atoms with Crippen molar-refractivity contribution in [2.45, 2.75) is 57.3 Å². The molecule has 0 saturated heterocycles. The average Bonchev–Trinajstić information content (AvgIpc) is 3.27. The highest BCUT2D eigenvalue weighted by Gasteiger charge is 2.32. The number of nitrogens with two attached hydrogens (primary N) is 1. The molecule has 5 unspecified atom stereocenters. The Morgan fingerprint density at radius 2 is 1.64 bits per heavy atom. The lowest BCUT2D eigenvalue weighted by molar-refractivity contribution is -0.143. The molecule has 14 heteroatoms. The minimum Gasteiger partial charge on any atom is -0.481 e. The summed E-state index contributed by atoms with van der Waals surface area (Å²) in [5.74, 6) is -5.54. The fourth-order valence-electron chi connectivity index (χ4n) is 2.72. The number of amides is 3. The molecule has 13 nitrogen and oxygen atoms in total. The summed E-state index contributed by atoms with van der Waals surface area (Å²) in [4.78, 5) is 66.8. The van der Waals surface area contributed by atoms with Crippen molar-refractivity contribution in [1.29, 1.82) is 0 Å². The maximum absolute atomic E-state index is 12.6. The minimum atomic E-state index is -1.60. The van der Waals surface area contributed by atoms with Gasteiger partial charge < -0.3 is 36.9 Å². The van der Waals surface area contributed by atoms with Crippen LogP contribution in [0, 0.1) is 5.92 Å². The lowest BCUT2D eigenvalue weighted by Gasteiger charge is -2.24. The summed E-state index contributed by atoms with van der Waals surface area (Å²) in [5.41, 5.74) is 6.28. The summed E-state index contributed by atoms with van der Waals surface area (Å²) < 4.78 is 0. The highest BCUT2D eigenvalue weighted by Crippen LogP contribution is 2.06. The Kier molecular flexibility index (Phi) is 11.4. The first kappa shape index (κ1) is 27.9. The van der Waals surface area contributed by atoms with Gasteiger partial charge in [-0.15, -0.1) is 0 Å². The number of carbonyl (C=O) groups excluding carboxylic acids is 3. The van der Waals surface area contributed by atoms with E-state index in [0.29, 0.717) is 12.1 Å². The number of carboxylic acid groups (broad SMARTS) is 2. The zero-order valence-corrected chi connectivity index (χ0v) is 19.2. The van der Waals surface area contributed by atoms with Crippen LogP contribution in [-0.4, -0.2) is 79.8 Å². The van der Waals surface area contributed by atoms with Crippen LogP contribution in [0.4, 0.5) is 0 Å². The van der Waals surface area contributed by atoms with E-state index < -0.39 is 60.2 Å². The van der Waals surface area contributed by atoms with Gasteiger partial charge in [0.1, 0.15) is 18.1 Å². The van der Waals surface area contributed by atoms with Gasteiger partial charge in [-0.05, 0) is 5.92 Å². The molecule has 1 rings (SSSR count). The van der Waals surface area contributed by atoms with Crippen molar-refractivity contribution < 1.29 is 34.2 Å². The van der Waals surface area contributed by atoms with Crippen molar-refractivity contribution in [1.82, 2.24) is 25.9 Å². The van der Waals surface area contributed by atoms with Crippen LogP contribution in [0.5, 0.6) is 0 Å². The fraction of sp³-hybridized carbons (Fsp3) is 0.579. The van der Waals surface area contributed by atoms with E-state index in [4.69, 9.17) is 10.8 Å². The Labute approximate surface area is 195 Å². The molecule has 1 aromatic heterocycles. The largest absolute Gasteiger partial charge is 0.481 e. The second-order valence-electron chi connectivity index (χ2n) is 7.49. The molecule has 0 saturated carbocycles. The molecule has 0 bridgehead atoms. The van der Waals surface area contributed by atoms with Gasteiger partial charge in [-0.1, -0.05) is 20.3 Å². The van der Waals surface area contributed by atoms with E-state index in [9.17, 15) is 29.1 Å². The summed E-state index contributed by atoms with van der Waals surface area (Å²) >= 11 is 4.03. The van der Waals surface area contributed by atoms with Crippen LogP contribution >= 0.6 is 12.6 Å². The molecule has 0 fully saturated rings. The first-order valence-electron chi connectivity index (χ1n) is 10.2. The van der Waals surface area contributed by atoms with Crippen LogP contribution in [0.1, 0.15) is 32.4 Å². The average molecular weight is 487 g/mol. The monoisotopic (exact) mass is 486 g/mol. The van der Waals surface area contributed by atoms with Gasteiger partial charge in [-0.25, -0.2) is 9.78 Å². The van der Waals surface area contributed by atoms with Crippen LogP contribution in [0.2, 0.25) is 0 Å². The van der Waals surface area contributed by atoms with Gasteiger partial charge in [0.2, 0.25) is 17.7 Å². The molecule has 184 valence electrons. The summed E-state index contributed by atoms with van der Waals surface area (Å²) in [6, 6.07) is -5.07. The number of nitrogens with one attached hydrogen (secondary N) is 4. The number of carboxylic acids is 2. The zero-order chi connectivity index (χ0) is 25.1. The maximum atomic E-state index is 12.6. The van der Waals surface area contributed by atoms with Gasteiger partial charge in [0.15, 0.2) is 0 Å². The number of hydrogen-bond acceptors (Lipinski definition) is 8. The van der Waals surface area contributed by atoms with Crippen molar-refractivity contribution in [3.8, 4) is 0 Å². The van der Waals surface area contributed by atoms with Crippen LogP contribution in [0.15, 0.2) is 12.5 Å². The Balaban J connectivity index is 2.89. The topological polar surface area (TPSA) is 217 Å². The molecule has 3 amide bonds. The molecule has 8 N–H and O–H groups in total. The van der Waals surface area contributed by atoms with E-state index in [2.05, 4.69) is 38.5 Å². The third-order valence-electron chi connectivity index (χ3n) is 4.98. The van der Waals surface area contributed by atoms with Gasteiger partial charge >= 0.3 is 11.9 Å². The van der Waals surface area contributed by atoms with Crippen molar-refractivity contribution in [3.63, 3.8) is 0 Å². The number of aliphatic carboxylic acids is 2. The number of hydrogen-bond donors (Lipinski definition) is 8. The SMILES string of the molecule is CCC(C)C(N)C(=O)NC(CS)C(=O)NC(CC(=O)O)C(=O)NC(Cc1cnc[nH]1)C(=O)O. The number of aromatic nitrogens is 2. The van der Waals surface area contributed by atoms with E-state index in [1.807, 2.05) is 6.92 Å². The van der Waals surface area contributed by atoms with Gasteiger partial charge in [-0.2, -0.15) is 12.6 Å². The molecule has 0 aliphatic carbocycles. The quantitative estimate of drug-likeness (QED) is 0.140. The lowest BCUT2D eigenvalue weighted by Crippen LogP contribution is -2.58. The maximum Gasteiger partial charge on any atom is 0.326 e. The van der Waals surface area contributed by atoms with E-state index >= 15 is 0 Å². The van der Waals surface area contributed by atoms with Gasteiger partial charge in [0.05, 0.1) is 18.8 Å². The molecule has 1 aromatic rings. The summed E-state index contributed by atoms with van der Waals surface area (Å²) in [5, 5.41) is 25.4. The molecular weight excluding hydrogens is 456 g/mol. The third-order valence-corrected chi connectivity index (χ3v) is 5.35. The molecular formula is C19H30N6O7S. The minimum absolute atomic E-state index is 0.141. The Bertz CT molecular complexity index is 835. The van der Waals surface area contributed by atoms with E-state index in [-0.39, 0.29) is 18.1 Å². The standard InChI is InChI=1S/C19H30N6O7S/c1-3-9(2)15(20)18(30)25-13(7-33)17(29)23-11(5-14(26)27)16(28)24-12(19(31)32)4-10-6-21-8-22-10/h6,8-9,11-13,15,33H,3-5,7,20H2,1-2H3,(H,21,22)(H,23,29)(H,24,28)(H,25,30)(H,26,27)(H,31,32). The highest BCUT2D eigenvalue weighted by molar-refractivity contribution is 7.80. The van der Waals surface area contributed by atoms with Gasteiger partial charge in [-0.3, -0.25) is 19.2 Å². The smallest absolute Gasteiger partial charge is 0.326 e. The number of nitrogens with zero attached hydrogens (tertiary/aromatic N) is 1. The Morgan fingerprint density at radius 1 is 1.06 bits per heavy atom. The second kappa shape index (κ2) is 13.4. The molecule has 5 atom stereocenters. The van der Waals surface area contributed by atoms with Crippen molar-refractivity contribution >= 4 is 42.3 Å². The van der Waals surface area contributed by atoms with Crippen molar-refractivity contribution in [3.05, 3.63) is 18.2 Å². The predicted molar refractivity (Wildman–Crippen MR) is 119 cm³/mol. The van der Waals surface area contributed by atoms with Crippen LogP contribution in [0.3, 0.4) is 0 Å². The molecule has 0 aliphatic rings. The predicted octanol–water partition coefficient (Wildman–Crippen LogP) is -1.73. The number of H-pyrrole nitrogens is 1. The van der Waals surface area contributed by atoms with Gasteiger partial charge in [0.25, 0.3) is 0 Å². The normalized spacial score (nSPS) is 15.4. The molecule has 33 heavy (non-hydrogen) atoms. The number of aromatic amines is 1. The van der Waals surface area contributed by atoms with Gasteiger partial charge in [0, 0.05) is 24.1 Å². The molecule has 0 aliphatic heterocycles. The second-order valence-corrected chi connectivity index (χ2v) is 7.86. The fourth-order valence-corrected chi connectivity index (χ4v) is 2.98. The first-order chi connectivity index (χ1) is 15.5. The lowest BCUT2D eigenvalue weighted by atomic mass is 9.99. The number of carbonyl (C=O) groups is 5. The third kappa shape index (κ3) is 9.10. The highest BCUT2D eigenvalue weighted by atomic mass is 32.1. The molecule has 0 aromatic carbocycles. The van der Waals surface area contributed by atoms with Crippen LogP contribution < -0.4 is 21.7 Å². The summed E-state index contributed by atoms with van der Waals surface area (Å²) in [7, 11) is 0. The van der Waals surface area contributed by atoms with E-state index in [1.54, 1.807) is 6.92 Å². The van der Waals surface area contributed by atoms with Crippen molar-refractivity contribution in [2.24, 2.45) is 11.7 Å². The molecule has 0 radical (unpaired) electrons. The van der Waals surface area contributed by atoms with Crippen molar-refractivity contribution in [2.75, 3.05) is 5.75 Å². The zero-order valence-electron chi connectivity index (χ0n) is 18.3. The Hall–Kier alpha value is -3.13. The van der Waals surface area contributed by atoms with Crippen LogP contribution in [0.25, 0.3) is 0 Å². The molecule has 1 heterocycles. The van der Waals surface area contributed by atoms with E-state index in [0.717, 1.165) is 0 Å². The van der Waals surface area contributed by atoms with E-state index in [1.165, 1.54) is 12.5 Å². The molecule has 0 spiro atoms.